The monoisotopic (exact) mass is 271 g/mol. The van der Waals surface area contributed by atoms with E-state index in [9.17, 15) is 8.42 Å². The standard InChI is InChI=1S/C6H13N3O5S2/c7-9-8-1-2-13-3-4-14-5-6-15-16(10,11)12/h1-6H2,(H,10,11,12). The van der Waals surface area contributed by atoms with E-state index in [2.05, 4.69) is 10.0 Å². The Bertz CT molecular complexity index is 314. The molecule has 0 amide bonds. The smallest absolute Gasteiger partial charge is 0.319 e. The van der Waals surface area contributed by atoms with Crippen LogP contribution in [0.25, 0.3) is 10.4 Å². The first-order chi connectivity index (χ1) is 7.56. The highest BCUT2D eigenvalue weighted by Crippen LogP contribution is 2.07. The van der Waals surface area contributed by atoms with Gasteiger partial charge in [-0.15, -0.1) is 0 Å². The van der Waals surface area contributed by atoms with Crippen LogP contribution in [0.15, 0.2) is 5.11 Å². The van der Waals surface area contributed by atoms with Gasteiger partial charge in [-0.2, -0.15) is 8.42 Å². The predicted molar refractivity (Wildman–Crippen MR) is 59.7 cm³/mol. The van der Waals surface area contributed by atoms with Crippen LogP contribution >= 0.6 is 10.8 Å². The van der Waals surface area contributed by atoms with E-state index in [1.807, 2.05) is 0 Å². The van der Waals surface area contributed by atoms with Gasteiger partial charge in [0.1, 0.15) is 0 Å². The lowest BCUT2D eigenvalue weighted by atomic mass is 10.7. The topological polar surface area (TPSA) is 122 Å². The van der Waals surface area contributed by atoms with Gasteiger partial charge in [-0.3, -0.25) is 4.55 Å². The molecule has 0 spiro atoms. The largest absolute Gasteiger partial charge is 0.379 e. The zero-order valence-electron chi connectivity index (χ0n) is 8.48. The number of hydrogen-bond donors (Lipinski definition) is 1. The van der Waals surface area contributed by atoms with Crippen LogP contribution < -0.4 is 0 Å². The maximum absolute atomic E-state index is 10.3. The molecule has 94 valence electrons. The van der Waals surface area contributed by atoms with Crippen molar-refractivity contribution in [3.63, 3.8) is 0 Å². The summed E-state index contributed by atoms with van der Waals surface area (Å²) < 4.78 is 38.9. The van der Waals surface area contributed by atoms with Crippen LogP contribution in [0.2, 0.25) is 0 Å². The quantitative estimate of drug-likeness (QED) is 0.157. The van der Waals surface area contributed by atoms with Gasteiger partial charge in [0.25, 0.3) is 0 Å². The SMILES string of the molecule is [N-]=[N+]=NCCOCCOCCSS(=O)(=O)O. The van der Waals surface area contributed by atoms with Gasteiger partial charge in [0.05, 0.1) is 26.4 Å². The van der Waals surface area contributed by atoms with Gasteiger partial charge in [-0.05, 0) is 16.3 Å². The van der Waals surface area contributed by atoms with Gasteiger partial charge >= 0.3 is 9.15 Å². The highest BCUT2D eigenvalue weighted by atomic mass is 33.1. The lowest BCUT2D eigenvalue weighted by Gasteiger charge is -2.03. The van der Waals surface area contributed by atoms with Crippen molar-refractivity contribution in [3.8, 4) is 0 Å². The number of nitrogens with zero attached hydrogens (tertiary/aromatic N) is 3. The van der Waals surface area contributed by atoms with Crippen molar-refractivity contribution in [2.75, 3.05) is 38.7 Å². The zero-order valence-corrected chi connectivity index (χ0v) is 10.1. The fourth-order valence-electron chi connectivity index (χ4n) is 0.670. The molecule has 1 N–H and O–H groups in total. The first-order valence-corrected chi connectivity index (χ1v) is 7.28. The van der Waals surface area contributed by atoms with Crippen molar-refractivity contribution >= 4 is 19.9 Å². The molecular formula is C6H13N3O5S2. The molecule has 16 heavy (non-hydrogen) atoms. The van der Waals surface area contributed by atoms with Gasteiger partial charge in [-0.25, -0.2) is 0 Å². The van der Waals surface area contributed by atoms with Crippen molar-refractivity contribution in [1.82, 2.24) is 0 Å². The van der Waals surface area contributed by atoms with E-state index in [0.717, 1.165) is 0 Å². The van der Waals surface area contributed by atoms with Crippen LogP contribution in [-0.2, 0) is 18.6 Å². The minimum Gasteiger partial charge on any atom is -0.379 e. The fraction of sp³-hybridized carbons (Fsp3) is 1.00. The average Bonchev–Trinajstić information content (AvgIpc) is 2.19. The summed E-state index contributed by atoms with van der Waals surface area (Å²) in [5.74, 6) is 0.164. The van der Waals surface area contributed by atoms with Gasteiger partial charge in [0.2, 0.25) is 0 Å². The Morgan fingerprint density at radius 2 is 1.88 bits per heavy atom. The van der Waals surface area contributed by atoms with Crippen molar-refractivity contribution < 1.29 is 22.4 Å². The second kappa shape index (κ2) is 9.70. The van der Waals surface area contributed by atoms with Crippen LogP contribution in [0.3, 0.4) is 0 Å². The summed E-state index contributed by atoms with van der Waals surface area (Å²) in [5, 5.41) is 3.26. The van der Waals surface area contributed by atoms with Crippen LogP contribution in [0.5, 0.6) is 0 Å². The van der Waals surface area contributed by atoms with Crippen LogP contribution in [-0.4, -0.2) is 51.7 Å². The molecule has 8 nitrogen and oxygen atoms in total. The van der Waals surface area contributed by atoms with Crippen molar-refractivity contribution in [2.45, 2.75) is 0 Å². The van der Waals surface area contributed by atoms with Crippen LogP contribution in [0.1, 0.15) is 0 Å². The highest BCUT2D eigenvalue weighted by Gasteiger charge is 2.03. The summed E-state index contributed by atoms with van der Waals surface area (Å²) in [6.45, 7) is 1.48. The molecule has 0 aromatic heterocycles. The third-order valence-electron chi connectivity index (χ3n) is 1.23. The third kappa shape index (κ3) is 13.5. The zero-order chi connectivity index (χ0) is 12.3. The first kappa shape index (κ1) is 15.5. The molecule has 10 heteroatoms. The van der Waals surface area contributed by atoms with E-state index in [1.54, 1.807) is 0 Å². The summed E-state index contributed by atoms with van der Waals surface area (Å²) in [6, 6.07) is 0. The Kier molecular flexibility index (Phi) is 9.39. The molecule has 0 aliphatic heterocycles. The molecule has 0 saturated carbocycles. The normalized spacial score (nSPS) is 11.1. The van der Waals surface area contributed by atoms with Gasteiger partial charge in [0, 0.05) is 17.2 Å². The second-order valence-corrected chi connectivity index (χ2v) is 5.90. The van der Waals surface area contributed by atoms with Crippen LogP contribution in [0, 0.1) is 0 Å². The van der Waals surface area contributed by atoms with E-state index < -0.39 is 9.15 Å². The van der Waals surface area contributed by atoms with E-state index in [4.69, 9.17) is 19.6 Å². The maximum atomic E-state index is 10.3. The Balaban J connectivity index is 3.13. The molecule has 0 bridgehead atoms. The van der Waals surface area contributed by atoms with E-state index in [1.165, 1.54) is 0 Å². The van der Waals surface area contributed by atoms with E-state index in [0.29, 0.717) is 30.6 Å². The predicted octanol–water partition coefficient (Wildman–Crippen LogP) is 0.866. The maximum Gasteiger partial charge on any atom is 0.319 e. The van der Waals surface area contributed by atoms with Crippen LogP contribution in [0.4, 0.5) is 0 Å². The third-order valence-corrected chi connectivity index (χ3v) is 3.26. The summed E-state index contributed by atoms with van der Waals surface area (Å²) in [6.07, 6.45) is 0. The van der Waals surface area contributed by atoms with E-state index >= 15 is 0 Å². The molecule has 0 fully saturated rings. The van der Waals surface area contributed by atoms with E-state index in [-0.39, 0.29) is 18.9 Å². The van der Waals surface area contributed by atoms with Crippen molar-refractivity contribution in [1.29, 1.82) is 0 Å². The Hall–Kier alpha value is -0.510. The summed E-state index contributed by atoms with van der Waals surface area (Å²) >= 11 is 0. The highest BCUT2D eigenvalue weighted by molar-refractivity contribution is 8.69. The minimum atomic E-state index is -3.97. The molecule has 0 aromatic carbocycles. The molecule has 0 aromatic rings. The summed E-state index contributed by atoms with van der Waals surface area (Å²) in [4.78, 5) is 2.55. The Labute approximate surface area is 97.1 Å². The Morgan fingerprint density at radius 3 is 2.44 bits per heavy atom. The molecule has 0 atom stereocenters. The molecular weight excluding hydrogens is 258 g/mol. The van der Waals surface area contributed by atoms with Gasteiger partial charge in [-0.1, -0.05) is 5.11 Å². The molecule has 0 radical (unpaired) electrons. The number of azide groups is 1. The molecule has 0 saturated heterocycles. The second-order valence-electron chi connectivity index (χ2n) is 2.43. The Morgan fingerprint density at radius 1 is 1.25 bits per heavy atom. The van der Waals surface area contributed by atoms with Gasteiger partial charge < -0.3 is 9.47 Å². The number of ether oxygens (including phenoxy) is 2. The molecule has 0 rings (SSSR count). The lowest BCUT2D eigenvalue weighted by Crippen LogP contribution is -2.08. The molecule has 0 aliphatic carbocycles. The lowest BCUT2D eigenvalue weighted by molar-refractivity contribution is 0.0571. The molecule has 0 unspecified atom stereocenters. The summed E-state index contributed by atoms with van der Waals surface area (Å²) in [5.41, 5.74) is 7.94. The van der Waals surface area contributed by atoms with Crippen molar-refractivity contribution in [2.24, 2.45) is 5.11 Å². The fourth-order valence-corrected chi connectivity index (χ4v) is 1.90. The van der Waals surface area contributed by atoms with Crippen molar-refractivity contribution in [3.05, 3.63) is 10.4 Å². The number of hydrogen-bond acceptors (Lipinski definition) is 6. The molecule has 0 aliphatic rings. The minimum absolute atomic E-state index is 0.164. The molecule has 0 heterocycles. The average molecular weight is 271 g/mol. The first-order valence-electron chi connectivity index (χ1n) is 4.34. The number of rotatable bonds is 10. The summed E-state index contributed by atoms with van der Waals surface area (Å²) in [7, 11) is -3.56. The van der Waals surface area contributed by atoms with Gasteiger partial charge in [0.15, 0.2) is 0 Å².